The van der Waals surface area contributed by atoms with Gasteiger partial charge in [0, 0.05) is 29.9 Å². The monoisotopic (exact) mass is 290 g/mol. The van der Waals surface area contributed by atoms with Crippen molar-refractivity contribution in [1.82, 2.24) is 4.90 Å². The van der Waals surface area contributed by atoms with Crippen LogP contribution in [0.3, 0.4) is 0 Å². The maximum absolute atomic E-state index is 12.3. The first kappa shape index (κ1) is 14.2. The van der Waals surface area contributed by atoms with Gasteiger partial charge in [-0.3, -0.25) is 4.79 Å². The number of phenolic OH excluding ortho intramolecular Hbond substituents is 1. The number of hydrogen-bond donors (Lipinski definition) is 2. The van der Waals surface area contributed by atoms with E-state index in [1.165, 1.54) is 4.90 Å². The zero-order chi connectivity index (χ0) is 14.7. The molecule has 0 saturated carbocycles. The molecule has 0 saturated heterocycles. The van der Waals surface area contributed by atoms with Crippen molar-refractivity contribution in [3.8, 4) is 5.75 Å². The number of amides is 1. The third kappa shape index (κ3) is 3.03. The molecule has 2 rings (SSSR count). The van der Waals surface area contributed by atoms with Crippen molar-refractivity contribution in [2.75, 3.05) is 12.8 Å². The van der Waals surface area contributed by atoms with Crippen molar-refractivity contribution in [2.24, 2.45) is 0 Å². The van der Waals surface area contributed by atoms with Crippen LogP contribution in [0.25, 0.3) is 0 Å². The molecule has 5 heteroatoms. The Hall–Kier alpha value is -2.20. The number of nitrogen functional groups attached to an aromatic ring is 1. The average molecular weight is 291 g/mol. The molecule has 3 N–H and O–H groups in total. The second-order valence-electron chi connectivity index (χ2n) is 4.52. The topological polar surface area (TPSA) is 66.6 Å². The van der Waals surface area contributed by atoms with Crippen LogP contribution in [0.1, 0.15) is 15.9 Å². The maximum atomic E-state index is 12.3. The van der Waals surface area contributed by atoms with E-state index >= 15 is 0 Å². The molecule has 0 radical (unpaired) electrons. The van der Waals surface area contributed by atoms with Crippen LogP contribution in [0.4, 0.5) is 5.69 Å². The number of aromatic hydroxyl groups is 1. The van der Waals surface area contributed by atoms with E-state index < -0.39 is 0 Å². The molecule has 104 valence electrons. The van der Waals surface area contributed by atoms with E-state index in [2.05, 4.69) is 0 Å². The number of carbonyl (C=O) groups is 1. The van der Waals surface area contributed by atoms with Crippen LogP contribution in [-0.2, 0) is 6.54 Å². The number of rotatable bonds is 3. The number of carbonyl (C=O) groups excluding carboxylic acids is 1. The van der Waals surface area contributed by atoms with Crippen LogP contribution in [0, 0.1) is 0 Å². The van der Waals surface area contributed by atoms with Gasteiger partial charge in [-0.2, -0.15) is 0 Å². The molecule has 0 heterocycles. The number of halogens is 1. The number of hydrogen-bond acceptors (Lipinski definition) is 3. The molecule has 1 amide bonds. The minimum absolute atomic E-state index is 0.159. The van der Waals surface area contributed by atoms with Gasteiger partial charge in [-0.1, -0.05) is 29.8 Å². The van der Waals surface area contributed by atoms with E-state index in [0.29, 0.717) is 21.8 Å². The van der Waals surface area contributed by atoms with Crippen molar-refractivity contribution in [3.63, 3.8) is 0 Å². The van der Waals surface area contributed by atoms with Gasteiger partial charge in [-0.15, -0.1) is 0 Å². The summed E-state index contributed by atoms with van der Waals surface area (Å²) in [5, 5.41) is 10.2. The Bertz CT molecular complexity index is 644. The Balaban J connectivity index is 2.21. The van der Waals surface area contributed by atoms with Gasteiger partial charge in [-0.25, -0.2) is 0 Å². The number of nitrogens with two attached hydrogens (primary N) is 1. The Morgan fingerprint density at radius 2 is 2.00 bits per heavy atom. The van der Waals surface area contributed by atoms with E-state index in [0.717, 1.165) is 0 Å². The quantitative estimate of drug-likeness (QED) is 0.854. The van der Waals surface area contributed by atoms with Crippen LogP contribution < -0.4 is 5.73 Å². The molecule has 0 aromatic heterocycles. The smallest absolute Gasteiger partial charge is 0.256 e. The second kappa shape index (κ2) is 5.84. The second-order valence-corrected chi connectivity index (χ2v) is 4.96. The summed E-state index contributed by atoms with van der Waals surface area (Å²) in [6, 6.07) is 11.7. The van der Waals surface area contributed by atoms with E-state index in [1.54, 1.807) is 49.5 Å². The lowest BCUT2D eigenvalue weighted by atomic mass is 10.1. The van der Waals surface area contributed by atoms with Crippen LogP contribution in [-0.4, -0.2) is 23.0 Å². The molecule has 0 spiro atoms. The Morgan fingerprint density at radius 3 is 2.70 bits per heavy atom. The fourth-order valence-corrected chi connectivity index (χ4v) is 2.06. The predicted octanol–water partition coefficient (Wildman–Crippen LogP) is 2.90. The Morgan fingerprint density at radius 1 is 1.30 bits per heavy atom. The number of nitrogens with zero attached hydrogens (tertiary/aromatic N) is 1. The van der Waals surface area contributed by atoms with Crippen molar-refractivity contribution >= 4 is 23.2 Å². The number of para-hydroxylation sites is 1. The Kier molecular flexibility index (Phi) is 4.15. The van der Waals surface area contributed by atoms with E-state index in [9.17, 15) is 9.90 Å². The lowest BCUT2D eigenvalue weighted by molar-refractivity contribution is 0.0785. The number of benzene rings is 2. The summed E-state index contributed by atoms with van der Waals surface area (Å²) in [5.41, 5.74) is 7.20. The molecule has 0 aliphatic rings. The zero-order valence-electron chi connectivity index (χ0n) is 11.0. The summed E-state index contributed by atoms with van der Waals surface area (Å²) in [4.78, 5) is 13.8. The molecule has 0 aliphatic carbocycles. The molecule has 0 aliphatic heterocycles. The van der Waals surface area contributed by atoms with Crippen molar-refractivity contribution in [1.29, 1.82) is 0 Å². The summed E-state index contributed by atoms with van der Waals surface area (Å²) in [6.07, 6.45) is 0. The summed E-state index contributed by atoms with van der Waals surface area (Å²) in [7, 11) is 1.65. The summed E-state index contributed by atoms with van der Waals surface area (Å²) in [5.74, 6) is -0.0838. The average Bonchev–Trinajstić information content (AvgIpc) is 2.43. The molecular formula is C15H15ClN2O2. The van der Waals surface area contributed by atoms with E-state index in [1.807, 2.05) is 0 Å². The van der Waals surface area contributed by atoms with Gasteiger partial charge < -0.3 is 15.7 Å². The summed E-state index contributed by atoms with van der Waals surface area (Å²) < 4.78 is 0. The van der Waals surface area contributed by atoms with Gasteiger partial charge in [0.15, 0.2) is 0 Å². The first-order valence-electron chi connectivity index (χ1n) is 6.06. The number of anilines is 1. The molecular weight excluding hydrogens is 276 g/mol. The van der Waals surface area contributed by atoms with Crippen LogP contribution >= 0.6 is 11.6 Å². The summed E-state index contributed by atoms with van der Waals surface area (Å²) >= 11 is 5.88. The van der Waals surface area contributed by atoms with Gasteiger partial charge in [0.05, 0.1) is 5.56 Å². The number of phenols is 1. The highest BCUT2D eigenvalue weighted by molar-refractivity contribution is 6.31. The first-order valence-corrected chi connectivity index (χ1v) is 6.44. The normalized spacial score (nSPS) is 10.3. The molecule has 0 unspecified atom stereocenters. The maximum Gasteiger partial charge on any atom is 0.256 e. The van der Waals surface area contributed by atoms with Crippen molar-refractivity contribution < 1.29 is 9.90 Å². The standard InChI is InChI=1S/C15H15ClN2O2/c1-18(9-10-4-2-3-5-14(10)19)15(20)12-8-11(16)6-7-13(12)17/h2-8,19H,9,17H2,1H3. The molecule has 0 bridgehead atoms. The molecule has 2 aromatic carbocycles. The van der Waals surface area contributed by atoms with Gasteiger partial charge in [0.25, 0.3) is 5.91 Å². The fourth-order valence-electron chi connectivity index (χ4n) is 1.89. The molecule has 2 aromatic rings. The van der Waals surface area contributed by atoms with Crippen molar-refractivity contribution in [2.45, 2.75) is 6.54 Å². The third-order valence-electron chi connectivity index (χ3n) is 2.99. The van der Waals surface area contributed by atoms with Crippen molar-refractivity contribution in [3.05, 3.63) is 58.6 Å². The van der Waals surface area contributed by atoms with Gasteiger partial charge in [0.2, 0.25) is 0 Å². The summed E-state index contributed by atoms with van der Waals surface area (Å²) in [6.45, 7) is 0.289. The van der Waals surface area contributed by atoms with Crippen LogP contribution in [0.15, 0.2) is 42.5 Å². The van der Waals surface area contributed by atoms with E-state index in [-0.39, 0.29) is 18.2 Å². The van der Waals surface area contributed by atoms with Gasteiger partial charge in [0.1, 0.15) is 5.75 Å². The van der Waals surface area contributed by atoms with Gasteiger partial charge in [-0.05, 0) is 24.3 Å². The largest absolute Gasteiger partial charge is 0.508 e. The highest BCUT2D eigenvalue weighted by Gasteiger charge is 2.16. The Labute approximate surface area is 122 Å². The molecule has 0 fully saturated rings. The minimum atomic E-state index is -0.242. The lowest BCUT2D eigenvalue weighted by Gasteiger charge is -2.19. The zero-order valence-corrected chi connectivity index (χ0v) is 11.8. The lowest BCUT2D eigenvalue weighted by Crippen LogP contribution is -2.27. The molecule has 0 atom stereocenters. The molecule has 4 nitrogen and oxygen atoms in total. The predicted molar refractivity (Wildman–Crippen MR) is 79.8 cm³/mol. The van der Waals surface area contributed by atoms with Crippen LogP contribution in [0.2, 0.25) is 5.02 Å². The fraction of sp³-hybridized carbons (Fsp3) is 0.133. The van der Waals surface area contributed by atoms with Gasteiger partial charge >= 0.3 is 0 Å². The third-order valence-corrected chi connectivity index (χ3v) is 3.23. The first-order chi connectivity index (χ1) is 9.49. The molecule has 20 heavy (non-hydrogen) atoms. The van der Waals surface area contributed by atoms with E-state index in [4.69, 9.17) is 17.3 Å². The highest BCUT2D eigenvalue weighted by atomic mass is 35.5. The van der Waals surface area contributed by atoms with Crippen LogP contribution in [0.5, 0.6) is 5.75 Å². The highest BCUT2D eigenvalue weighted by Crippen LogP contribution is 2.22. The minimum Gasteiger partial charge on any atom is -0.508 e. The SMILES string of the molecule is CN(Cc1ccccc1O)C(=O)c1cc(Cl)ccc1N.